The maximum Gasteiger partial charge on any atom is 0.295 e. The Labute approximate surface area is 173 Å². The molecule has 1 aromatic heterocycles. The third-order valence-corrected chi connectivity index (χ3v) is 5.72. The second kappa shape index (κ2) is 8.67. The number of hydrogen-bond acceptors (Lipinski definition) is 7. The van der Waals surface area contributed by atoms with Crippen molar-refractivity contribution >= 4 is 28.8 Å². The highest BCUT2D eigenvalue weighted by Gasteiger charge is 2.46. The summed E-state index contributed by atoms with van der Waals surface area (Å²) < 4.78 is 10.5. The Morgan fingerprint density at radius 3 is 2.48 bits per heavy atom. The van der Waals surface area contributed by atoms with E-state index in [2.05, 4.69) is 0 Å². The van der Waals surface area contributed by atoms with Gasteiger partial charge in [-0.1, -0.05) is 6.07 Å². The standard InChI is InChI=1S/C21H24N2O5S/c1-22(2)9-10-23-18(16-6-5-11-29-16)17(20(25)21(23)26)19(24)13-7-8-14(27-3)15(12-13)28-4/h5-8,11-12,18,24H,9-10H2,1-4H3/b19-17-. The van der Waals surface area contributed by atoms with Crippen molar-refractivity contribution in [3.05, 3.63) is 51.7 Å². The zero-order valence-corrected chi connectivity index (χ0v) is 17.7. The van der Waals surface area contributed by atoms with Crippen LogP contribution in [0.25, 0.3) is 5.76 Å². The zero-order valence-electron chi connectivity index (χ0n) is 16.8. The molecule has 0 radical (unpaired) electrons. The lowest BCUT2D eigenvalue weighted by Crippen LogP contribution is -2.35. The molecule has 1 unspecified atom stereocenters. The molecule has 2 heterocycles. The van der Waals surface area contributed by atoms with Gasteiger partial charge in [0, 0.05) is 23.5 Å². The summed E-state index contributed by atoms with van der Waals surface area (Å²) in [6.07, 6.45) is 0. The van der Waals surface area contributed by atoms with Crippen LogP contribution in [0.1, 0.15) is 16.5 Å². The highest BCUT2D eigenvalue weighted by Crippen LogP contribution is 2.41. The van der Waals surface area contributed by atoms with Gasteiger partial charge in [-0.3, -0.25) is 9.59 Å². The fourth-order valence-corrected chi connectivity index (χ4v) is 4.15. The molecule has 0 bridgehead atoms. The molecule has 1 saturated heterocycles. The van der Waals surface area contributed by atoms with Crippen molar-refractivity contribution < 1.29 is 24.2 Å². The van der Waals surface area contributed by atoms with Crippen molar-refractivity contribution in [1.82, 2.24) is 9.80 Å². The van der Waals surface area contributed by atoms with Crippen molar-refractivity contribution in [2.24, 2.45) is 0 Å². The van der Waals surface area contributed by atoms with Crippen LogP contribution in [0.2, 0.25) is 0 Å². The lowest BCUT2D eigenvalue weighted by molar-refractivity contribution is -0.140. The minimum atomic E-state index is -0.686. The summed E-state index contributed by atoms with van der Waals surface area (Å²) in [5.74, 6) is -0.590. The van der Waals surface area contributed by atoms with Gasteiger partial charge in [-0.15, -0.1) is 11.3 Å². The SMILES string of the molecule is COc1ccc(/C(O)=C2/C(=O)C(=O)N(CCN(C)C)C2c2cccs2)cc1OC. The Balaban J connectivity index is 2.11. The Hall–Kier alpha value is -2.84. The van der Waals surface area contributed by atoms with E-state index in [1.807, 2.05) is 36.5 Å². The summed E-state index contributed by atoms with van der Waals surface area (Å²) in [4.78, 5) is 29.9. The number of hydrogen-bond donors (Lipinski definition) is 1. The molecule has 1 aliphatic heterocycles. The van der Waals surface area contributed by atoms with E-state index in [1.165, 1.54) is 30.5 Å². The second-order valence-corrected chi connectivity index (χ2v) is 7.86. The summed E-state index contributed by atoms with van der Waals surface area (Å²) in [6, 6.07) is 7.98. The lowest BCUT2D eigenvalue weighted by atomic mass is 9.99. The Kier molecular flexibility index (Phi) is 6.24. The van der Waals surface area contributed by atoms with Crippen LogP contribution >= 0.6 is 11.3 Å². The van der Waals surface area contributed by atoms with E-state index in [0.717, 1.165) is 4.88 Å². The highest BCUT2D eigenvalue weighted by atomic mass is 32.1. The molecular weight excluding hydrogens is 392 g/mol. The maximum absolute atomic E-state index is 12.9. The summed E-state index contributed by atoms with van der Waals surface area (Å²) in [5, 5.41) is 12.9. The van der Waals surface area contributed by atoms with Crippen LogP contribution < -0.4 is 9.47 Å². The molecule has 1 aromatic carbocycles. The van der Waals surface area contributed by atoms with Crippen LogP contribution in [0, 0.1) is 0 Å². The number of likely N-dealkylation sites (N-methyl/N-ethyl adjacent to an activating group) is 1. The minimum Gasteiger partial charge on any atom is -0.507 e. The minimum absolute atomic E-state index is 0.0865. The number of rotatable bonds is 7. The normalized spacial score (nSPS) is 18.5. The highest BCUT2D eigenvalue weighted by molar-refractivity contribution is 7.10. The van der Waals surface area contributed by atoms with Gasteiger partial charge < -0.3 is 24.4 Å². The summed E-state index contributed by atoms with van der Waals surface area (Å²) in [6.45, 7) is 0.980. The number of aliphatic hydroxyl groups is 1. The topological polar surface area (TPSA) is 79.3 Å². The lowest BCUT2D eigenvalue weighted by Gasteiger charge is -2.25. The van der Waals surface area contributed by atoms with Crippen molar-refractivity contribution in [2.75, 3.05) is 41.4 Å². The molecule has 0 saturated carbocycles. The number of amides is 1. The van der Waals surface area contributed by atoms with Gasteiger partial charge in [-0.25, -0.2) is 0 Å². The Bertz CT molecular complexity index is 937. The average Bonchev–Trinajstić information content (AvgIpc) is 3.32. The van der Waals surface area contributed by atoms with Gasteiger partial charge in [-0.05, 0) is 43.7 Å². The molecule has 1 amide bonds. The number of ether oxygens (including phenoxy) is 2. The van der Waals surface area contributed by atoms with Crippen molar-refractivity contribution in [2.45, 2.75) is 6.04 Å². The third kappa shape index (κ3) is 3.99. The predicted octanol–water partition coefficient (Wildman–Crippen LogP) is 2.75. The van der Waals surface area contributed by atoms with Crippen LogP contribution in [0.15, 0.2) is 41.3 Å². The molecule has 2 aromatic rings. The van der Waals surface area contributed by atoms with E-state index < -0.39 is 17.7 Å². The first kappa shape index (κ1) is 20.9. The first-order chi connectivity index (χ1) is 13.9. The van der Waals surface area contributed by atoms with Crippen LogP contribution in [0.5, 0.6) is 11.5 Å². The number of Topliss-reactive ketones (excluding diaryl/α,β-unsaturated/α-hetero) is 1. The number of aliphatic hydroxyl groups excluding tert-OH is 1. The van der Waals surface area contributed by atoms with E-state index in [9.17, 15) is 14.7 Å². The zero-order chi connectivity index (χ0) is 21.1. The number of carbonyl (C=O) groups excluding carboxylic acids is 2. The molecule has 1 N–H and O–H groups in total. The number of ketones is 1. The van der Waals surface area contributed by atoms with E-state index in [-0.39, 0.29) is 11.3 Å². The van der Waals surface area contributed by atoms with Gasteiger partial charge in [0.05, 0.1) is 25.8 Å². The van der Waals surface area contributed by atoms with E-state index in [1.54, 1.807) is 18.2 Å². The second-order valence-electron chi connectivity index (χ2n) is 6.88. The molecule has 1 fully saturated rings. The van der Waals surface area contributed by atoms with Crippen LogP contribution in [-0.4, -0.2) is 68.0 Å². The molecule has 7 nitrogen and oxygen atoms in total. The number of carbonyl (C=O) groups is 2. The largest absolute Gasteiger partial charge is 0.507 e. The van der Waals surface area contributed by atoms with E-state index in [0.29, 0.717) is 30.2 Å². The van der Waals surface area contributed by atoms with E-state index in [4.69, 9.17) is 9.47 Å². The molecule has 0 aliphatic carbocycles. The van der Waals surface area contributed by atoms with Gasteiger partial charge >= 0.3 is 0 Å². The predicted molar refractivity (Wildman–Crippen MR) is 111 cm³/mol. The molecular formula is C21H24N2O5S. The molecule has 3 rings (SSSR count). The summed E-state index contributed by atoms with van der Waals surface area (Å²) in [7, 11) is 6.82. The average molecular weight is 416 g/mol. The fourth-order valence-electron chi connectivity index (χ4n) is 3.30. The molecule has 29 heavy (non-hydrogen) atoms. The van der Waals surface area contributed by atoms with Crippen LogP contribution in [0.3, 0.4) is 0 Å². The molecule has 1 atom stereocenters. The molecule has 1 aliphatic rings. The van der Waals surface area contributed by atoms with Crippen molar-refractivity contribution in [3.8, 4) is 11.5 Å². The van der Waals surface area contributed by atoms with Gasteiger partial charge in [0.2, 0.25) is 0 Å². The quantitative estimate of drug-likeness (QED) is 0.425. The first-order valence-electron chi connectivity index (χ1n) is 9.08. The fraction of sp³-hybridized carbons (Fsp3) is 0.333. The van der Waals surface area contributed by atoms with Crippen molar-refractivity contribution in [3.63, 3.8) is 0 Å². The maximum atomic E-state index is 12.9. The number of nitrogens with zero attached hydrogens (tertiary/aromatic N) is 2. The van der Waals surface area contributed by atoms with Gasteiger partial charge in [0.15, 0.2) is 11.5 Å². The van der Waals surface area contributed by atoms with E-state index >= 15 is 0 Å². The first-order valence-corrected chi connectivity index (χ1v) is 9.96. The van der Waals surface area contributed by atoms with Gasteiger partial charge in [-0.2, -0.15) is 0 Å². The molecule has 8 heteroatoms. The van der Waals surface area contributed by atoms with Crippen LogP contribution in [-0.2, 0) is 9.59 Å². The molecule has 0 spiro atoms. The Morgan fingerprint density at radius 1 is 1.17 bits per heavy atom. The van der Waals surface area contributed by atoms with Gasteiger partial charge in [0.25, 0.3) is 11.7 Å². The van der Waals surface area contributed by atoms with Gasteiger partial charge in [0.1, 0.15) is 5.76 Å². The monoisotopic (exact) mass is 416 g/mol. The Morgan fingerprint density at radius 2 is 1.90 bits per heavy atom. The third-order valence-electron chi connectivity index (χ3n) is 4.80. The number of benzene rings is 1. The number of methoxy groups -OCH3 is 2. The smallest absolute Gasteiger partial charge is 0.295 e. The van der Waals surface area contributed by atoms with Crippen molar-refractivity contribution in [1.29, 1.82) is 0 Å². The number of likely N-dealkylation sites (tertiary alicyclic amines) is 1. The molecule has 154 valence electrons. The summed E-state index contributed by atoms with van der Waals surface area (Å²) >= 11 is 1.44. The van der Waals surface area contributed by atoms with Crippen LogP contribution in [0.4, 0.5) is 0 Å². The number of thiophene rings is 1. The summed E-state index contributed by atoms with van der Waals surface area (Å²) in [5.41, 5.74) is 0.471.